The average Bonchev–Trinajstić information content (AvgIpc) is 2.15. The normalized spacial score (nSPS) is 24.7. The van der Waals surface area contributed by atoms with Crippen LogP contribution in [-0.4, -0.2) is 30.2 Å². The molecule has 1 fully saturated rings. The van der Waals surface area contributed by atoms with E-state index in [9.17, 15) is 4.79 Å². The molecule has 4 N–H and O–H groups in total. The van der Waals surface area contributed by atoms with Gasteiger partial charge >= 0.3 is 5.97 Å². The van der Waals surface area contributed by atoms with Crippen molar-refractivity contribution in [1.29, 1.82) is 0 Å². The van der Waals surface area contributed by atoms with Crippen molar-refractivity contribution in [3.63, 3.8) is 0 Å². The molecule has 1 heterocycles. The fraction of sp³-hybridized carbons (Fsp3) is 0.909. The lowest BCUT2D eigenvalue weighted by Crippen LogP contribution is -2.95. The molecule has 0 aromatic heterocycles. The van der Waals surface area contributed by atoms with Gasteiger partial charge in [-0.15, -0.1) is 0 Å². The van der Waals surface area contributed by atoms with Crippen LogP contribution in [0.15, 0.2) is 0 Å². The molecular weight excluding hydrogens is 192 g/mol. The van der Waals surface area contributed by atoms with E-state index < -0.39 is 11.6 Å². The van der Waals surface area contributed by atoms with E-state index in [-0.39, 0.29) is 12.0 Å². The van der Waals surface area contributed by atoms with E-state index in [1.807, 2.05) is 20.8 Å². The molecule has 4 heteroatoms. The Balaban J connectivity index is 2.44. The van der Waals surface area contributed by atoms with Crippen LogP contribution in [0.3, 0.4) is 0 Å². The van der Waals surface area contributed by atoms with Crippen molar-refractivity contribution in [1.82, 2.24) is 0 Å². The van der Waals surface area contributed by atoms with Gasteiger partial charge in [-0.3, -0.25) is 4.79 Å². The summed E-state index contributed by atoms with van der Waals surface area (Å²) in [6, 6.07) is -0.280. The van der Waals surface area contributed by atoms with Crippen molar-refractivity contribution in [2.75, 3.05) is 6.54 Å². The van der Waals surface area contributed by atoms with E-state index >= 15 is 0 Å². The Hall–Kier alpha value is -0.610. The number of carbonyl (C=O) groups excluding carboxylic acids is 1. The standard InChI is InChI=1S/C11H22N2O2/c1-11(2,3)15-10(14)9(12)8-6-4-5-7-13-8/h8-9,13H,4-7,12H2,1-3H3/p+1/t8-,9+/m0/s1. The van der Waals surface area contributed by atoms with Gasteiger partial charge in [0.2, 0.25) is 0 Å². The van der Waals surface area contributed by atoms with Gasteiger partial charge in [-0.2, -0.15) is 0 Å². The van der Waals surface area contributed by atoms with E-state index in [1.165, 1.54) is 6.42 Å². The van der Waals surface area contributed by atoms with E-state index in [4.69, 9.17) is 10.5 Å². The molecule has 1 aliphatic heterocycles. The van der Waals surface area contributed by atoms with Crippen molar-refractivity contribution < 1.29 is 14.8 Å². The maximum Gasteiger partial charge on any atom is 0.329 e. The molecule has 0 bridgehead atoms. The van der Waals surface area contributed by atoms with Crippen molar-refractivity contribution in [3.05, 3.63) is 0 Å². The summed E-state index contributed by atoms with van der Waals surface area (Å²) in [7, 11) is 0. The molecule has 2 atom stereocenters. The number of ether oxygens (including phenoxy) is 1. The van der Waals surface area contributed by atoms with E-state index in [2.05, 4.69) is 5.32 Å². The fourth-order valence-electron chi connectivity index (χ4n) is 1.84. The Kier molecular flexibility index (Phi) is 4.11. The Labute approximate surface area is 91.5 Å². The van der Waals surface area contributed by atoms with Gasteiger partial charge in [0.25, 0.3) is 0 Å². The lowest BCUT2D eigenvalue weighted by Gasteiger charge is -2.27. The summed E-state index contributed by atoms with van der Waals surface area (Å²) < 4.78 is 5.27. The van der Waals surface area contributed by atoms with E-state index in [1.54, 1.807) is 0 Å². The van der Waals surface area contributed by atoms with Gasteiger partial charge in [0.15, 0.2) is 6.04 Å². The summed E-state index contributed by atoms with van der Waals surface area (Å²) in [6.07, 6.45) is 3.40. The van der Waals surface area contributed by atoms with Crippen LogP contribution in [0.4, 0.5) is 0 Å². The molecule has 0 unspecified atom stereocenters. The zero-order chi connectivity index (χ0) is 11.5. The van der Waals surface area contributed by atoms with Crippen molar-refractivity contribution in [3.8, 4) is 0 Å². The number of nitrogens with two attached hydrogens (primary N) is 2. The maximum absolute atomic E-state index is 11.7. The number of rotatable bonds is 2. The molecule has 4 nitrogen and oxygen atoms in total. The number of esters is 1. The van der Waals surface area contributed by atoms with Crippen molar-refractivity contribution in [2.45, 2.75) is 57.7 Å². The van der Waals surface area contributed by atoms with Gasteiger partial charge in [-0.1, -0.05) is 0 Å². The van der Waals surface area contributed by atoms with Gasteiger partial charge in [-0.05, 0) is 33.6 Å². The summed E-state index contributed by atoms with van der Waals surface area (Å²) >= 11 is 0. The highest BCUT2D eigenvalue weighted by Crippen LogP contribution is 2.11. The summed E-state index contributed by atoms with van der Waals surface area (Å²) in [5.74, 6) is -0.273. The van der Waals surface area contributed by atoms with E-state index in [0.717, 1.165) is 19.4 Å². The molecule has 0 aliphatic carbocycles. The average molecular weight is 215 g/mol. The minimum atomic E-state index is -0.482. The molecule has 0 aromatic carbocycles. The topological polar surface area (TPSA) is 68.9 Å². The highest BCUT2D eigenvalue weighted by Gasteiger charge is 2.32. The number of piperidine rings is 1. The van der Waals surface area contributed by atoms with Gasteiger partial charge < -0.3 is 15.8 Å². The van der Waals surface area contributed by atoms with Gasteiger partial charge in [0.05, 0.1) is 6.54 Å². The number of carbonyl (C=O) groups is 1. The molecule has 1 saturated heterocycles. The molecule has 0 spiro atoms. The molecule has 88 valence electrons. The largest absolute Gasteiger partial charge is 0.459 e. The van der Waals surface area contributed by atoms with E-state index in [0.29, 0.717) is 0 Å². The van der Waals surface area contributed by atoms with Crippen LogP contribution in [0, 0.1) is 0 Å². The smallest absolute Gasteiger partial charge is 0.329 e. The lowest BCUT2D eigenvalue weighted by atomic mass is 9.98. The zero-order valence-electron chi connectivity index (χ0n) is 9.95. The van der Waals surface area contributed by atoms with Crippen LogP contribution in [0.5, 0.6) is 0 Å². The third-order valence-corrected chi connectivity index (χ3v) is 2.60. The third-order valence-electron chi connectivity index (χ3n) is 2.60. The number of hydrogen-bond donors (Lipinski definition) is 2. The number of hydrogen-bond acceptors (Lipinski definition) is 3. The number of quaternary nitrogens is 1. The second-order valence-electron chi connectivity index (χ2n) is 5.24. The highest BCUT2D eigenvalue weighted by molar-refractivity contribution is 5.76. The Morgan fingerprint density at radius 2 is 2.13 bits per heavy atom. The Morgan fingerprint density at radius 3 is 2.60 bits per heavy atom. The second kappa shape index (κ2) is 4.94. The summed E-state index contributed by atoms with van der Waals surface area (Å²) in [5.41, 5.74) is 5.45. The monoisotopic (exact) mass is 215 g/mol. The molecule has 15 heavy (non-hydrogen) atoms. The van der Waals surface area contributed by atoms with Crippen LogP contribution in [0.1, 0.15) is 40.0 Å². The first-order chi connectivity index (χ1) is 6.90. The molecule has 1 aliphatic rings. The van der Waals surface area contributed by atoms with Gasteiger partial charge in [-0.25, -0.2) is 0 Å². The highest BCUT2D eigenvalue weighted by atomic mass is 16.6. The zero-order valence-corrected chi connectivity index (χ0v) is 9.95. The third kappa shape index (κ3) is 4.18. The lowest BCUT2D eigenvalue weighted by molar-refractivity contribution is -0.697. The molecule has 0 amide bonds. The maximum atomic E-state index is 11.7. The Morgan fingerprint density at radius 1 is 1.47 bits per heavy atom. The second-order valence-corrected chi connectivity index (χ2v) is 5.24. The summed E-state index contributed by atoms with van der Waals surface area (Å²) in [5, 5.41) is 2.16. The fourth-order valence-corrected chi connectivity index (χ4v) is 1.84. The summed E-state index contributed by atoms with van der Waals surface area (Å²) in [6.45, 7) is 6.66. The van der Waals surface area contributed by atoms with Crippen LogP contribution < -0.4 is 11.1 Å². The SMILES string of the molecule is CC(C)(C)OC(=O)[C@H](N)[C@@H]1CCCC[NH2+]1. The predicted octanol–water partition coefficient (Wildman–Crippen LogP) is -0.229. The molecule has 0 saturated carbocycles. The van der Waals surface area contributed by atoms with Gasteiger partial charge in [0, 0.05) is 6.42 Å². The molecule has 0 radical (unpaired) electrons. The van der Waals surface area contributed by atoms with Gasteiger partial charge in [0.1, 0.15) is 11.6 Å². The first-order valence-electron chi connectivity index (χ1n) is 5.72. The van der Waals surface area contributed by atoms with Crippen LogP contribution in [-0.2, 0) is 9.53 Å². The van der Waals surface area contributed by atoms with Crippen molar-refractivity contribution >= 4 is 5.97 Å². The van der Waals surface area contributed by atoms with Crippen molar-refractivity contribution in [2.24, 2.45) is 5.73 Å². The van der Waals surface area contributed by atoms with Crippen LogP contribution in [0.25, 0.3) is 0 Å². The minimum absolute atomic E-state index is 0.202. The predicted molar refractivity (Wildman–Crippen MR) is 58.3 cm³/mol. The molecule has 1 rings (SSSR count). The first kappa shape index (κ1) is 12.5. The summed E-state index contributed by atoms with van der Waals surface area (Å²) in [4.78, 5) is 11.7. The molecular formula is C11H23N2O2+. The first-order valence-corrected chi connectivity index (χ1v) is 5.72. The Bertz CT molecular complexity index is 217. The van der Waals surface area contributed by atoms with Crippen LogP contribution >= 0.6 is 0 Å². The minimum Gasteiger partial charge on any atom is -0.459 e. The molecule has 0 aromatic rings. The quantitative estimate of drug-likeness (QED) is 0.625. The van der Waals surface area contributed by atoms with Crippen LogP contribution in [0.2, 0.25) is 0 Å².